The number of rotatable bonds is 3. The first-order chi connectivity index (χ1) is 14.8. The third-order valence-electron chi connectivity index (χ3n) is 6.81. The van der Waals surface area contributed by atoms with Crippen LogP contribution in [0.15, 0.2) is 40.5 Å². The van der Waals surface area contributed by atoms with E-state index in [0.29, 0.717) is 23.3 Å². The molecule has 1 aromatic rings. The predicted molar refractivity (Wildman–Crippen MR) is 119 cm³/mol. The van der Waals surface area contributed by atoms with Gasteiger partial charge in [-0.05, 0) is 62.1 Å². The largest absolute Gasteiger partial charge is 0.459 e. The fraction of sp³-hybridized carbons (Fsp3) is 0.538. The van der Waals surface area contributed by atoms with Crippen molar-refractivity contribution in [2.45, 2.75) is 77.7 Å². The van der Waals surface area contributed by atoms with Crippen molar-refractivity contribution in [1.82, 2.24) is 0 Å². The van der Waals surface area contributed by atoms with Crippen LogP contribution in [0.3, 0.4) is 0 Å². The summed E-state index contributed by atoms with van der Waals surface area (Å²) < 4.78 is 5.92. The summed E-state index contributed by atoms with van der Waals surface area (Å²) in [6.07, 6.45) is 6.26. The second-order valence-corrected chi connectivity index (χ2v) is 9.94. The summed E-state index contributed by atoms with van der Waals surface area (Å²) in [5.41, 5.74) is 3.28. The highest BCUT2D eigenvalue weighted by Gasteiger charge is 2.47. The van der Waals surface area contributed by atoms with Gasteiger partial charge in [-0.15, -0.1) is 0 Å². The standard InChI is InChI=1S/C26H30N2O3/c1-16-22(25(30)31-19-7-5-4-6-8-19)23(18-11-9-17(15-27)10-12-18)24-20(28-16)13-26(2,3)14-21(24)29/h9-12,19,23-24H,4-8,13-14H2,1-3H3. The van der Waals surface area contributed by atoms with Crippen LogP contribution in [-0.2, 0) is 14.3 Å². The molecular weight excluding hydrogens is 388 g/mol. The molecule has 0 amide bonds. The number of Topliss-reactive ketones (excluding diaryl/α,β-unsaturated/α-hetero) is 1. The molecule has 0 aromatic heterocycles. The van der Waals surface area contributed by atoms with Crippen LogP contribution in [0.5, 0.6) is 0 Å². The minimum absolute atomic E-state index is 0.0606. The van der Waals surface area contributed by atoms with E-state index in [9.17, 15) is 14.9 Å². The van der Waals surface area contributed by atoms with Crippen LogP contribution >= 0.6 is 0 Å². The summed E-state index contributed by atoms with van der Waals surface area (Å²) in [6, 6.07) is 9.35. The molecule has 2 fully saturated rings. The van der Waals surface area contributed by atoms with Crippen molar-refractivity contribution in [1.29, 1.82) is 5.26 Å². The molecule has 5 nitrogen and oxygen atoms in total. The van der Waals surface area contributed by atoms with Gasteiger partial charge in [0.15, 0.2) is 0 Å². The second-order valence-electron chi connectivity index (χ2n) is 9.94. The molecule has 0 saturated heterocycles. The van der Waals surface area contributed by atoms with Crippen molar-refractivity contribution in [3.63, 3.8) is 0 Å². The summed E-state index contributed by atoms with van der Waals surface area (Å²) in [7, 11) is 0. The number of nitrogens with zero attached hydrogens (tertiary/aromatic N) is 2. The highest BCUT2D eigenvalue weighted by atomic mass is 16.5. The molecule has 0 spiro atoms. The number of hydrogen-bond donors (Lipinski definition) is 0. The maximum absolute atomic E-state index is 13.4. The summed E-state index contributed by atoms with van der Waals surface area (Å²) >= 11 is 0. The van der Waals surface area contributed by atoms with Crippen LogP contribution < -0.4 is 0 Å². The van der Waals surface area contributed by atoms with E-state index in [-0.39, 0.29) is 23.3 Å². The molecule has 2 aliphatic carbocycles. The Balaban J connectivity index is 1.76. The van der Waals surface area contributed by atoms with Gasteiger partial charge in [-0.3, -0.25) is 9.79 Å². The quantitative estimate of drug-likeness (QED) is 0.628. The number of hydrogen-bond acceptors (Lipinski definition) is 5. The monoisotopic (exact) mass is 418 g/mol. The van der Waals surface area contributed by atoms with Crippen molar-refractivity contribution in [3.05, 3.63) is 46.7 Å². The fourth-order valence-corrected chi connectivity index (χ4v) is 5.38. The van der Waals surface area contributed by atoms with Gasteiger partial charge in [0.25, 0.3) is 0 Å². The van der Waals surface area contributed by atoms with Crippen molar-refractivity contribution in [2.24, 2.45) is 16.3 Å². The zero-order valence-electron chi connectivity index (χ0n) is 18.6. The number of benzene rings is 1. The zero-order chi connectivity index (χ0) is 22.2. The maximum atomic E-state index is 13.4. The molecule has 0 bridgehead atoms. The van der Waals surface area contributed by atoms with Gasteiger partial charge in [0.1, 0.15) is 11.9 Å². The molecule has 5 heteroatoms. The summed E-state index contributed by atoms with van der Waals surface area (Å²) in [4.78, 5) is 31.5. The van der Waals surface area contributed by atoms with Gasteiger partial charge in [0, 0.05) is 23.7 Å². The van der Waals surface area contributed by atoms with Gasteiger partial charge >= 0.3 is 5.97 Å². The maximum Gasteiger partial charge on any atom is 0.336 e. The van der Waals surface area contributed by atoms with Gasteiger partial charge < -0.3 is 4.74 Å². The normalized spacial score (nSPS) is 26.0. The minimum atomic E-state index is -0.446. The van der Waals surface area contributed by atoms with E-state index in [4.69, 9.17) is 9.73 Å². The Hall–Kier alpha value is -2.74. The molecule has 1 aromatic carbocycles. The van der Waals surface area contributed by atoms with Crippen LogP contribution in [0.2, 0.25) is 0 Å². The van der Waals surface area contributed by atoms with Gasteiger partial charge in [0.05, 0.1) is 23.1 Å². The molecule has 31 heavy (non-hydrogen) atoms. The Morgan fingerprint density at radius 2 is 1.77 bits per heavy atom. The topological polar surface area (TPSA) is 79.5 Å². The van der Waals surface area contributed by atoms with Crippen molar-refractivity contribution < 1.29 is 14.3 Å². The average molecular weight is 419 g/mol. The van der Waals surface area contributed by atoms with E-state index < -0.39 is 11.8 Å². The van der Waals surface area contributed by atoms with Crippen LogP contribution in [0.25, 0.3) is 0 Å². The SMILES string of the molecule is CC1=C(C(=O)OC2CCCCC2)C(c2ccc(C#N)cc2)C2C(=O)CC(C)(C)CC2=N1. The molecule has 1 aliphatic heterocycles. The molecule has 1 heterocycles. The predicted octanol–water partition coefficient (Wildman–Crippen LogP) is 5.25. The fourth-order valence-electron chi connectivity index (χ4n) is 5.38. The zero-order valence-corrected chi connectivity index (χ0v) is 18.6. The number of carbonyl (C=O) groups excluding carboxylic acids is 2. The van der Waals surface area contributed by atoms with Gasteiger partial charge in [-0.1, -0.05) is 32.4 Å². The number of esters is 1. The number of nitriles is 1. The van der Waals surface area contributed by atoms with E-state index in [1.807, 2.05) is 19.1 Å². The lowest BCUT2D eigenvalue weighted by Gasteiger charge is -2.41. The molecule has 4 rings (SSSR count). The van der Waals surface area contributed by atoms with Gasteiger partial charge in [0.2, 0.25) is 0 Å². The van der Waals surface area contributed by atoms with Crippen LogP contribution in [0, 0.1) is 22.7 Å². The summed E-state index contributed by atoms with van der Waals surface area (Å²) in [6.45, 7) is 6.03. The number of allylic oxidation sites excluding steroid dienone is 1. The van der Waals surface area contributed by atoms with Gasteiger partial charge in [-0.2, -0.15) is 5.26 Å². The van der Waals surface area contributed by atoms with E-state index in [1.165, 1.54) is 6.42 Å². The molecule has 3 aliphatic rings. The Morgan fingerprint density at radius 1 is 1.10 bits per heavy atom. The van der Waals surface area contributed by atoms with Crippen molar-refractivity contribution in [2.75, 3.05) is 0 Å². The molecule has 2 saturated carbocycles. The number of ether oxygens (including phenoxy) is 1. The number of carbonyl (C=O) groups is 2. The molecule has 0 radical (unpaired) electrons. The lowest BCUT2D eigenvalue weighted by molar-refractivity contribution is -0.146. The number of fused-ring (bicyclic) bond motifs is 1. The third kappa shape index (κ3) is 4.35. The summed E-state index contributed by atoms with van der Waals surface area (Å²) in [5.74, 6) is -1.09. The average Bonchev–Trinajstić information content (AvgIpc) is 2.72. The highest BCUT2D eigenvalue weighted by molar-refractivity contribution is 6.12. The molecule has 2 unspecified atom stereocenters. The van der Waals surface area contributed by atoms with Crippen LogP contribution in [0.4, 0.5) is 0 Å². The first kappa shape index (κ1) is 21.5. The smallest absolute Gasteiger partial charge is 0.336 e. The minimum Gasteiger partial charge on any atom is -0.459 e. The Labute approximate surface area is 184 Å². The Kier molecular flexibility index (Phi) is 5.83. The molecule has 2 atom stereocenters. The number of aliphatic imine (C=N–C) groups is 1. The lowest BCUT2D eigenvalue weighted by Crippen LogP contribution is -2.44. The Morgan fingerprint density at radius 3 is 2.42 bits per heavy atom. The van der Waals surface area contributed by atoms with Crippen LogP contribution in [-0.4, -0.2) is 23.6 Å². The number of ketones is 1. The van der Waals surface area contributed by atoms with Crippen molar-refractivity contribution >= 4 is 17.5 Å². The lowest BCUT2D eigenvalue weighted by atomic mass is 9.63. The van der Waals surface area contributed by atoms with Crippen LogP contribution in [0.1, 0.15) is 82.8 Å². The molecule has 0 N–H and O–H groups in total. The summed E-state index contributed by atoms with van der Waals surface area (Å²) in [5, 5.41) is 9.18. The first-order valence-electron chi connectivity index (χ1n) is 11.3. The van der Waals surface area contributed by atoms with Crippen molar-refractivity contribution in [3.8, 4) is 6.07 Å². The highest BCUT2D eigenvalue weighted by Crippen LogP contribution is 2.47. The second kappa shape index (κ2) is 8.42. The van der Waals surface area contributed by atoms with E-state index in [0.717, 1.165) is 43.4 Å². The molecule has 162 valence electrons. The van der Waals surface area contributed by atoms with E-state index in [1.54, 1.807) is 12.1 Å². The van der Waals surface area contributed by atoms with E-state index in [2.05, 4.69) is 19.9 Å². The first-order valence-corrected chi connectivity index (χ1v) is 11.3. The third-order valence-corrected chi connectivity index (χ3v) is 6.81. The molecular formula is C26H30N2O3. The Bertz CT molecular complexity index is 988. The van der Waals surface area contributed by atoms with Gasteiger partial charge in [-0.25, -0.2) is 4.79 Å². The van der Waals surface area contributed by atoms with E-state index >= 15 is 0 Å².